The minimum Gasteiger partial charge on any atom is -0.497 e. The van der Waals surface area contributed by atoms with Crippen LogP contribution in [-0.4, -0.2) is 37.4 Å². The Balaban J connectivity index is 1.82. The average Bonchev–Trinajstić information content (AvgIpc) is 3.15. The van der Waals surface area contributed by atoms with Gasteiger partial charge in [0.2, 0.25) is 5.89 Å². The number of amides is 1. The standard InChI is InChI=1S/C18H17N3O5/c1-23-12-9-7-11(8-10-12)17-20-21-18(26-17)19-16(22)15-13(24-2)5-4-6-14(15)25-3/h4-10H,1-3H3,(H,19,21,22). The van der Waals surface area contributed by atoms with Crippen molar-refractivity contribution in [3.05, 3.63) is 48.0 Å². The molecule has 0 bridgehead atoms. The first-order valence-electron chi connectivity index (χ1n) is 7.66. The van der Waals surface area contributed by atoms with Crippen LogP contribution in [0.15, 0.2) is 46.9 Å². The molecule has 0 saturated carbocycles. The Hall–Kier alpha value is -3.55. The molecule has 0 unspecified atom stereocenters. The predicted octanol–water partition coefficient (Wildman–Crippen LogP) is 3.01. The van der Waals surface area contributed by atoms with Crippen molar-refractivity contribution in [2.75, 3.05) is 26.6 Å². The number of anilines is 1. The van der Waals surface area contributed by atoms with Crippen molar-refractivity contribution >= 4 is 11.9 Å². The molecular weight excluding hydrogens is 338 g/mol. The summed E-state index contributed by atoms with van der Waals surface area (Å²) in [6.45, 7) is 0. The smallest absolute Gasteiger partial charge is 0.322 e. The normalized spacial score (nSPS) is 10.3. The fraction of sp³-hybridized carbons (Fsp3) is 0.167. The number of ether oxygens (including phenoxy) is 3. The molecule has 0 saturated heterocycles. The van der Waals surface area contributed by atoms with Crippen LogP contribution in [0, 0.1) is 0 Å². The molecule has 0 fully saturated rings. The molecule has 1 amide bonds. The van der Waals surface area contributed by atoms with Crippen LogP contribution in [0.2, 0.25) is 0 Å². The summed E-state index contributed by atoms with van der Waals surface area (Å²) in [5.41, 5.74) is 0.940. The van der Waals surface area contributed by atoms with Crippen molar-refractivity contribution in [2.24, 2.45) is 0 Å². The lowest BCUT2D eigenvalue weighted by Gasteiger charge is -2.11. The van der Waals surface area contributed by atoms with Gasteiger partial charge in [-0.2, -0.15) is 0 Å². The van der Waals surface area contributed by atoms with Crippen LogP contribution in [0.4, 0.5) is 6.01 Å². The summed E-state index contributed by atoms with van der Waals surface area (Å²) in [5, 5.41) is 10.3. The van der Waals surface area contributed by atoms with Gasteiger partial charge in [-0.1, -0.05) is 11.2 Å². The van der Waals surface area contributed by atoms with Gasteiger partial charge < -0.3 is 18.6 Å². The third-order valence-corrected chi connectivity index (χ3v) is 3.64. The van der Waals surface area contributed by atoms with E-state index in [2.05, 4.69) is 15.5 Å². The number of carbonyl (C=O) groups excluding carboxylic acids is 1. The zero-order valence-corrected chi connectivity index (χ0v) is 14.5. The Morgan fingerprint density at radius 2 is 1.58 bits per heavy atom. The van der Waals surface area contributed by atoms with Gasteiger partial charge in [-0.15, -0.1) is 5.10 Å². The number of methoxy groups -OCH3 is 3. The van der Waals surface area contributed by atoms with Gasteiger partial charge >= 0.3 is 6.01 Å². The lowest BCUT2D eigenvalue weighted by molar-refractivity contribution is 0.101. The van der Waals surface area contributed by atoms with E-state index in [0.717, 1.165) is 0 Å². The maximum atomic E-state index is 12.6. The van der Waals surface area contributed by atoms with Crippen molar-refractivity contribution in [2.45, 2.75) is 0 Å². The number of nitrogens with one attached hydrogen (secondary N) is 1. The fourth-order valence-corrected chi connectivity index (χ4v) is 2.36. The summed E-state index contributed by atoms with van der Waals surface area (Å²) in [7, 11) is 4.53. The van der Waals surface area contributed by atoms with Crippen LogP contribution in [0.1, 0.15) is 10.4 Å². The van der Waals surface area contributed by atoms with Gasteiger partial charge in [0.15, 0.2) is 0 Å². The third-order valence-electron chi connectivity index (χ3n) is 3.64. The first-order chi connectivity index (χ1) is 12.7. The second-order valence-corrected chi connectivity index (χ2v) is 5.13. The lowest BCUT2D eigenvalue weighted by atomic mass is 10.1. The topological polar surface area (TPSA) is 95.7 Å². The van der Waals surface area contributed by atoms with Gasteiger partial charge in [-0.25, -0.2) is 0 Å². The minimum absolute atomic E-state index is 0.0335. The van der Waals surface area contributed by atoms with Crippen molar-refractivity contribution in [3.8, 4) is 28.7 Å². The second kappa shape index (κ2) is 7.56. The highest BCUT2D eigenvalue weighted by Gasteiger charge is 2.20. The van der Waals surface area contributed by atoms with Gasteiger partial charge in [-0.3, -0.25) is 10.1 Å². The maximum absolute atomic E-state index is 12.6. The van der Waals surface area contributed by atoms with Gasteiger partial charge in [0.1, 0.15) is 22.8 Å². The van der Waals surface area contributed by atoms with Crippen LogP contribution < -0.4 is 19.5 Å². The van der Waals surface area contributed by atoms with E-state index in [4.69, 9.17) is 18.6 Å². The zero-order chi connectivity index (χ0) is 18.5. The molecule has 134 valence electrons. The number of aromatic nitrogens is 2. The quantitative estimate of drug-likeness (QED) is 0.726. The molecule has 1 heterocycles. The predicted molar refractivity (Wildman–Crippen MR) is 93.8 cm³/mol. The van der Waals surface area contributed by atoms with E-state index < -0.39 is 5.91 Å². The molecule has 3 aromatic rings. The first-order valence-corrected chi connectivity index (χ1v) is 7.66. The van der Waals surface area contributed by atoms with Crippen molar-refractivity contribution < 1.29 is 23.4 Å². The number of carbonyl (C=O) groups is 1. The number of nitrogens with zero attached hydrogens (tertiary/aromatic N) is 2. The van der Waals surface area contributed by atoms with E-state index in [1.807, 2.05) is 0 Å². The number of hydrogen-bond donors (Lipinski definition) is 1. The van der Waals surface area contributed by atoms with Gasteiger partial charge in [0, 0.05) is 5.56 Å². The molecule has 1 N–H and O–H groups in total. The second-order valence-electron chi connectivity index (χ2n) is 5.13. The SMILES string of the molecule is COc1ccc(-c2nnc(NC(=O)c3c(OC)cccc3OC)o2)cc1. The number of benzene rings is 2. The highest BCUT2D eigenvalue weighted by atomic mass is 16.5. The van der Waals surface area contributed by atoms with Gasteiger partial charge in [0.25, 0.3) is 5.91 Å². The first kappa shape index (κ1) is 17.3. The monoisotopic (exact) mass is 355 g/mol. The zero-order valence-electron chi connectivity index (χ0n) is 14.5. The fourth-order valence-electron chi connectivity index (χ4n) is 2.36. The van der Waals surface area contributed by atoms with Crippen LogP contribution in [0.25, 0.3) is 11.5 Å². The molecule has 3 rings (SSSR count). The van der Waals surface area contributed by atoms with E-state index in [9.17, 15) is 4.79 Å². The molecular formula is C18H17N3O5. The molecule has 8 heteroatoms. The molecule has 1 aromatic heterocycles. The largest absolute Gasteiger partial charge is 0.497 e. The van der Waals surface area contributed by atoms with Crippen molar-refractivity contribution in [1.82, 2.24) is 10.2 Å². The highest BCUT2D eigenvalue weighted by molar-refractivity contribution is 6.07. The molecule has 0 aliphatic heterocycles. The summed E-state index contributed by atoms with van der Waals surface area (Å²) >= 11 is 0. The number of hydrogen-bond acceptors (Lipinski definition) is 7. The van der Waals surface area contributed by atoms with Crippen molar-refractivity contribution in [1.29, 1.82) is 0 Å². The Morgan fingerprint density at radius 1 is 0.923 bits per heavy atom. The van der Waals surface area contributed by atoms with E-state index in [-0.39, 0.29) is 17.5 Å². The van der Waals surface area contributed by atoms with Crippen molar-refractivity contribution in [3.63, 3.8) is 0 Å². The number of rotatable bonds is 6. The van der Waals surface area contributed by atoms with E-state index >= 15 is 0 Å². The van der Waals surface area contributed by atoms with Crippen LogP contribution in [0.3, 0.4) is 0 Å². The summed E-state index contributed by atoms with van der Waals surface area (Å²) in [4.78, 5) is 12.6. The summed E-state index contributed by atoms with van der Waals surface area (Å²) in [5.74, 6) is 1.25. The maximum Gasteiger partial charge on any atom is 0.322 e. The lowest BCUT2D eigenvalue weighted by Crippen LogP contribution is -2.14. The molecule has 0 spiro atoms. The van der Waals surface area contributed by atoms with Crippen LogP contribution in [-0.2, 0) is 0 Å². The Kier molecular flexibility index (Phi) is 5.02. The molecule has 0 atom stereocenters. The Bertz CT molecular complexity index is 883. The summed E-state index contributed by atoms with van der Waals surface area (Å²) in [6.07, 6.45) is 0. The van der Waals surface area contributed by atoms with Crippen LogP contribution >= 0.6 is 0 Å². The highest BCUT2D eigenvalue weighted by Crippen LogP contribution is 2.29. The van der Waals surface area contributed by atoms with E-state index in [1.165, 1.54) is 14.2 Å². The molecule has 26 heavy (non-hydrogen) atoms. The third kappa shape index (κ3) is 3.44. The van der Waals surface area contributed by atoms with Gasteiger partial charge in [-0.05, 0) is 36.4 Å². The summed E-state index contributed by atoms with van der Waals surface area (Å²) in [6, 6.07) is 12.1. The molecule has 0 aliphatic carbocycles. The van der Waals surface area contributed by atoms with E-state index in [0.29, 0.717) is 22.8 Å². The molecule has 2 aromatic carbocycles. The molecule has 0 radical (unpaired) electrons. The molecule has 0 aliphatic rings. The minimum atomic E-state index is -0.482. The van der Waals surface area contributed by atoms with E-state index in [1.54, 1.807) is 49.6 Å². The molecule has 8 nitrogen and oxygen atoms in total. The Morgan fingerprint density at radius 3 is 2.15 bits per heavy atom. The average molecular weight is 355 g/mol. The Labute approximate surface area is 149 Å². The summed E-state index contributed by atoms with van der Waals surface area (Å²) < 4.78 is 21.1. The van der Waals surface area contributed by atoms with Crippen LogP contribution in [0.5, 0.6) is 17.2 Å². The van der Waals surface area contributed by atoms with Gasteiger partial charge in [0.05, 0.1) is 21.3 Å².